The van der Waals surface area contributed by atoms with Gasteiger partial charge in [0.15, 0.2) is 0 Å². The van der Waals surface area contributed by atoms with Gasteiger partial charge in [-0.15, -0.1) is 0 Å². The molecule has 1 aliphatic carbocycles. The molecule has 1 saturated heterocycles. The van der Waals surface area contributed by atoms with E-state index in [2.05, 4.69) is 58.9 Å². The van der Waals surface area contributed by atoms with Crippen LogP contribution in [-0.4, -0.2) is 53.0 Å². The minimum Gasteiger partial charge on any atom is -0.350 e. The van der Waals surface area contributed by atoms with Gasteiger partial charge in [0.2, 0.25) is 5.91 Å². The molecule has 5 rings (SSSR count). The SMILES string of the molecule is CN1C[C@H](C(=O)N2CCCC2)C=C2c3cccc4c3c(cn4C)C[C@H]21. The quantitative estimate of drug-likeness (QED) is 0.802. The fourth-order valence-corrected chi connectivity index (χ4v) is 5.05. The summed E-state index contributed by atoms with van der Waals surface area (Å²) in [7, 11) is 4.30. The number of carbonyl (C=O) groups excluding carboxylic acids is 1. The Balaban J connectivity index is 1.61. The van der Waals surface area contributed by atoms with Gasteiger partial charge in [0, 0.05) is 49.8 Å². The number of nitrogens with zero attached hydrogens (tertiary/aromatic N) is 3. The predicted molar refractivity (Wildman–Crippen MR) is 100 cm³/mol. The van der Waals surface area contributed by atoms with E-state index in [4.69, 9.17) is 0 Å². The molecule has 25 heavy (non-hydrogen) atoms. The van der Waals surface area contributed by atoms with Gasteiger partial charge in [-0.05, 0) is 49.1 Å². The van der Waals surface area contributed by atoms with Crippen LogP contribution in [0.15, 0.2) is 30.5 Å². The highest BCUT2D eigenvalue weighted by Crippen LogP contribution is 2.41. The molecular weight excluding hydrogens is 310 g/mol. The fraction of sp³-hybridized carbons (Fsp3) is 0.476. The van der Waals surface area contributed by atoms with Crippen LogP contribution in [0.1, 0.15) is 24.0 Å². The fourth-order valence-electron chi connectivity index (χ4n) is 5.05. The van der Waals surface area contributed by atoms with E-state index in [1.165, 1.54) is 27.6 Å². The highest BCUT2D eigenvalue weighted by atomic mass is 16.2. The number of benzene rings is 1. The Morgan fingerprint density at radius 1 is 1.16 bits per heavy atom. The Morgan fingerprint density at radius 3 is 2.76 bits per heavy atom. The van der Waals surface area contributed by atoms with Crippen LogP contribution in [0, 0.1) is 5.92 Å². The number of likely N-dealkylation sites (N-methyl/N-ethyl adjacent to an activating group) is 1. The van der Waals surface area contributed by atoms with Crippen LogP contribution in [-0.2, 0) is 18.3 Å². The largest absolute Gasteiger partial charge is 0.350 e. The van der Waals surface area contributed by atoms with Crippen LogP contribution in [0.4, 0.5) is 0 Å². The molecule has 2 aromatic rings. The first-order chi connectivity index (χ1) is 12.1. The Morgan fingerprint density at radius 2 is 1.96 bits per heavy atom. The first-order valence-electron chi connectivity index (χ1n) is 9.41. The van der Waals surface area contributed by atoms with Gasteiger partial charge >= 0.3 is 0 Å². The van der Waals surface area contributed by atoms with Gasteiger partial charge in [-0.2, -0.15) is 0 Å². The van der Waals surface area contributed by atoms with Crippen LogP contribution in [0.2, 0.25) is 0 Å². The lowest BCUT2D eigenvalue weighted by molar-refractivity contribution is -0.133. The lowest BCUT2D eigenvalue weighted by Crippen LogP contribution is -2.47. The number of hydrogen-bond acceptors (Lipinski definition) is 2. The third kappa shape index (κ3) is 2.20. The van der Waals surface area contributed by atoms with Crippen molar-refractivity contribution in [2.24, 2.45) is 13.0 Å². The van der Waals surface area contributed by atoms with Crippen molar-refractivity contribution in [1.29, 1.82) is 0 Å². The van der Waals surface area contributed by atoms with Gasteiger partial charge in [-0.3, -0.25) is 9.69 Å². The average Bonchev–Trinajstić information content (AvgIpc) is 3.25. The molecule has 0 bridgehead atoms. The molecule has 1 amide bonds. The number of amides is 1. The second kappa shape index (κ2) is 5.46. The van der Waals surface area contributed by atoms with Crippen LogP contribution in [0.5, 0.6) is 0 Å². The van der Waals surface area contributed by atoms with Crippen LogP contribution in [0.3, 0.4) is 0 Å². The molecule has 3 heterocycles. The molecular formula is C21H25N3O. The zero-order valence-electron chi connectivity index (χ0n) is 15.0. The molecule has 1 aromatic heterocycles. The average molecular weight is 335 g/mol. The molecule has 0 saturated carbocycles. The van der Waals surface area contributed by atoms with Gasteiger partial charge in [0.05, 0.1) is 5.92 Å². The number of hydrogen-bond donors (Lipinski definition) is 0. The molecule has 2 aliphatic heterocycles. The number of rotatable bonds is 1. The molecule has 0 N–H and O–H groups in total. The first-order valence-corrected chi connectivity index (χ1v) is 9.41. The van der Waals surface area contributed by atoms with Crippen molar-refractivity contribution < 1.29 is 4.79 Å². The number of aryl methyl sites for hydroxylation is 1. The molecule has 2 atom stereocenters. The summed E-state index contributed by atoms with van der Waals surface area (Å²) >= 11 is 0. The Hall–Kier alpha value is -2.07. The van der Waals surface area contributed by atoms with Gasteiger partial charge in [0.1, 0.15) is 0 Å². The molecule has 0 unspecified atom stereocenters. The number of carbonyl (C=O) groups is 1. The molecule has 1 aromatic carbocycles. The van der Waals surface area contributed by atoms with E-state index in [0.29, 0.717) is 11.9 Å². The molecule has 0 spiro atoms. The standard InChI is InChI=1S/C21H25N3O/c1-22-12-14-11-19-17(16-6-5-7-18(22)20(14)16)10-15(13-23(19)2)21(25)24-8-3-4-9-24/h5-7,10,12,15,19H,3-4,8-9,11,13H2,1-2H3/t15-,19-/m1/s1. The number of likely N-dealkylation sites (tertiary alicyclic amines) is 1. The normalized spacial score (nSPS) is 26.0. The third-order valence-corrected chi connectivity index (χ3v) is 6.31. The topological polar surface area (TPSA) is 28.5 Å². The lowest BCUT2D eigenvalue weighted by Gasteiger charge is -2.40. The number of aromatic nitrogens is 1. The van der Waals surface area contributed by atoms with Crippen molar-refractivity contribution in [3.63, 3.8) is 0 Å². The molecule has 4 heteroatoms. The zero-order chi connectivity index (χ0) is 17.1. The minimum atomic E-state index is -0.00475. The smallest absolute Gasteiger partial charge is 0.230 e. The molecule has 3 aliphatic rings. The maximum absolute atomic E-state index is 13.0. The van der Waals surface area contributed by atoms with Gasteiger partial charge in [-0.25, -0.2) is 0 Å². The second-order valence-corrected chi connectivity index (χ2v) is 7.89. The van der Waals surface area contributed by atoms with Crippen molar-refractivity contribution in [2.75, 3.05) is 26.7 Å². The summed E-state index contributed by atoms with van der Waals surface area (Å²) in [5, 5.41) is 1.38. The molecule has 0 radical (unpaired) electrons. The first kappa shape index (κ1) is 15.2. The maximum atomic E-state index is 13.0. The van der Waals surface area contributed by atoms with Crippen molar-refractivity contribution in [3.05, 3.63) is 41.6 Å². The predicted octanol–water partition coefficient (Wildman–Crippen LogP) is 2.67. The van der Waals surface area contributed by atoms with Crippen LogP contribution < -0.4 is 0 Å². The summed E-state index contributed by atoms with van der Waals surface area (Å²) in [6, 6.07) is 6.97. The van der Waals surface area contributed by atoms with Gasteiger partial charge < -0.3 is 9.47 Å². The molecule has 4 nitrogen and oxygen atoms in total. The summed E-state index contributed by atoms with van der Waals surface area (Å²) in [5.74, 6) is 0.316. The summed E-state index contributed by atoms with van der Waals surface area (Å²) in [6.45, 7) is 2.70. The van der Waals surface area contributed by atoms with E-state index < -0.39 is 0 Å². The van der Waals surface area contributed by atoms with Crippen molar-refractivity contribution in [2.45, 2.75) is 25.3 Å². The van der Waals surface area contributed by atoms with E-state index >= 15 is 0 Å². The summed E-state index contributed by atoms with van der Waals surface area (Å²) < 4.78 is 2.24. The Bertz CT molecular complexity index is 888. The third-order valence-electron chi connectivity index (χ3n) is 6.31. The molecule has 1 fully saturated rings. The second-order valence-electron chi connectivity index (χ2n) is 7.89. The van der Waals surface area contributed by atoms with Crippen LogP contribution in [0.25, 0.3) is 16.5 Å². The Kier molecular flexibility index (Phi) is 3.32. The summed E-state index contributed by atoms with van der Waals surface area (Å²) in [4.78, 5) is 17.4. The van der Waals surface area contributed by atoms with E-state index in [0.717, 1.165) is 38.9 Å². The minimum absolute atomic E-state index is 0.00475. The van der Waals surface area contributed by atoms with E-state index in [-0.39, 0.29) is 5.92 Å². The highest BCUT2D eigenvalue weighted by Gasteiger charge is 2.37. The Labute approximate surface area is 148 Å². The van der Waals surface area contributed by atoms with E-state index in [1.807, 2.05) is 0 Å². The molecule has 130 valence electrons. The zero-order valence-corrected chi connectivity index (χ0v) is 15.0. The monoisotopic (exact) mass is 335 g/mol. The van der Waals surface area contributed by atoms with Crippen molar-refractivity contribution >= 4 is 22.4 Å². The lowest BCUT2D eigenvalue weighted by atomic mass is 9.79. The van der Waals surface area contributed by atoms with Crippen molar-refractivity contribution in [1.82, 2.24) is 14.4 Å². The summed E-state index contributed by atoms with van der Waals surface area (Å²) in [5.41, 5.74) is 5.42. The van der Waals surface area contributed by atoms with E-state index in [1.54, 1.807) is 0 Å². The van der Waals surface area contributed by atoms with Gasteiger partial charge in [-0.1, -0.05) is 18.2 Å². The van der Waals surface area contributed by atoms with Crippen molar-refractivity contribution in [3.8, 4) is 0 Å². The highest BCUT2D eigenvalue weighted by molar-refractivity contribution is 5.99. The maximum Gasteiger partial charge on any atom is 0.230 e. The van der Waals surface area contributed by atoms with Crippen LogP contribution >= 0.6 is 0 Å². The van der Waals surface area contributed by atoms with Gasteiger partial charge in [0.25, 0.3) is 0 Å². The number of fused-ring (bicyclic) bond motifs is 2. The van der Waals surface area contributed by atoms with E-state index in [9.17, 15) is 4.79 Å². The summed E-state index contributed by atoms with van der Waals surface area (Å²) in [6.07, 6.45) is 7.91.